The van der Waals surface area contributed by atoms with Crippen LogP contribution in [0.5, 0.6) is 11.5 Å². The highest BCUT2D eigenvalue weighted by atomic mass is 16.5. The van der Waals surface area contributed by atoms with Crippen LogP contribution in [0.4, 0.5) is 5.69 Å². The quantitative estimate of drug-likeness (QED) is 0.594. The molecule has 1 aliphatic carbocycles. The first-order chi connectivity index (χ1) is 11.0. The number of aliphatic imine (C=N–C) groups is 1. The van der Waals surface area contributed by atoms with E-state index < -0.39 is 0 Å². The van der Waals surface area contributed by atoms with Crippen molar-refractivity contribution >= 4 is 11.6 Å². The smallest absolute Gasteiger partial charge is 0.193 e. The zero-order chi connectivity index (χ0) is 16.9. The Balaban J connectivity index is 1.99. The van der Waals surface area contributed by atoms with Gasteiger partial charge in [0.25, 0.3) is 0 Å². The van der Waals surface area contributed by atoms with Crippen LogP contribution in [0, 0.1) is 11.3 Å². The van der Waals surface area contributed by atoms with Crippen LogP contribution in [0.1, 0.15) is 39.5 Å². The van der Waals surface area contributed by atoms with Gasteiger partial charge >= 0.3 is 0 Å². The molecule has 0 aliphatic heterocycles. The predicted octanol–water partition coefficient (Wildman–Crippen LogP) is 3.65. The number of ether oxygens (including phenoxy) is 2. The van der Waals surface area contributed by atoms with Gasteiger partial charge in [-0.3, -0.25) is 4.99 Å². The summed E-state index contributed by atoms with van der Waals surface area (Å²) in [5, 5.41) is 3.13. The van der Waals surface area contributed by atoms with Crippen molar-refractivity contribution in [1.29, 1.82) is 0 Å². The Morgan fingerprint density at radius 3 is 2.48 bits per heavy atom. The number of rotatable bonds is 7. The highest BCUT2D eigenvalue weighted by Gasteiger charge is 2.37. The Hall–Kier alpha value is -1.91. The Bertz CT molecular complexity index is 551. The Kier molecular flexibility index (Phi) is 5.74. The molecule has 0 bridgehead atoms. The standard InChI is InChI=1S/C18H29N3O2/c1-13(2)11-18(8-5-9-18)12-20-17(19)21-14-6-7-15(22-3)16(10-14)23-4/h6-7,10,13H,5,8-9,11-12H2,1-4H3,(H3,19,20,21). The van der Waals surface area contributed by atoms with E-state index in [9.17, 15) is 0 Å². The Morgan fingerprint density at radius 1 is 1.26 bits per heavy atom. The van der Waals surface area contributed by atoms with E-state index in [-0.39, 0.29) is 0 Å². The molecule has 1 aromatic carbocycles. The van der Waals surface area contributed by atoms with Crippen LogP contribution in [0.3, 0.4) is 0 Å². The molecule has 128 valence electrons. The molecule has 3 N–H and O–H groups in total. The van der Waals surface area contributed by atoms with E-state index in [4.69, 9.17) is 15.2 Å². The summed E-state index contributed by atoms with van der Waals surface area (Å²) < 4.78 is 10.5. The van der Waals surface area contributed by atoms with Gasteiger partial charge in [0.2, 0.25) is 0 Å². The van der Waals surface area contributed by atoms with Gasteiger partial charge in [0.15, 0.2) is 17.5 Å². The maximum Gasteiger partial charge on any atom is 0.193 e. The van der Waals surface area contributed by atoms with Crippen LogP contribution < -0.4 is 20.5 Å². The van der Waals surface area contributed by atoms with E-state index in [2.05, 4.69) is 24.2 Å². The predicted molar refractivity (Wildman–Crippen MR) is 95.4 cm³/mol. The van der Waals surface area contributed by atoms with Crippen LogP contribution in [0.15, 0.2) is 23.2 Å². The number of methoxy groups -OCH3 is 2. The summed E-state index contributed by atoms with van der Waals surface area (Å²) in [7, 11) is 3.24. The summed E-state index contributed by atoms with van der Waals surface area (Å²) in [6.07, 6.45) is 5.06. The Labute approximate surface area is 139 Å². The maximum absolute atomic E-state index is 6.05. The van der Waals surface area contributed by atoms with Gasteiger partial charge in [-0.15, -0.1) is 0 Å². The molecule has 0 atom stereocenters. The third-order valence-corrected chi connectivity index (χ3v) is 4.50. The van der Waals surface area contributed by atoms with Gasteiger partial charge in [0, 0.05) is 18.3 Å². The lowest BCUT2D eigenvalue weighted by Crippen LogP contribution is -2.35. The molecule has 1 saturated carbocycles. The minimum atomic E-state index is 0.359. The molecular weight excluding hydrogens is 290 g/mol. The van der Waals surface area contributed by atoms with Gasteiger partial charge in [0.1, 0.15) is 0 Å². The molecule has 0 amide bonds. The fourth-order valence-corrected chi connectivity index (χ4v) is 3.32. The van der Waals surface area contributed by atoms with E-state index in [0.29, 0.717) is 28.8 Å². The van der Waals surface area contributed by atoms with E-state index in [1.807, 2.05) is 18.2 Å². The number of nitrogens with zero attached hydrogens (tertiary/aromatic N) is 1. The Morgan fingerprint density at radius 2 is 1.96 bits per heavy atom. The minimum Gasteiger partial charge on any atom is -0.493 e. The van der Waals surface area contributed by atoms with Crippen molar-refractivity contribution in [1.82, 2.24) is 0 Å². The zero-order valence-electron chi connectivity index (χ0n) is 14.7. The first-order valence-corrected chi connectivity index (χ1v) is 8.27. The highest BCUT2D eigenvalue weighted by molar-refractivity contribution is 5.92. The summed E-state index contributed by atoms with van der Waals surface area (Å²) >= 11 is 0. The number of hydrogen-bond acceptors (Lipinski definition) is 3. The van der Waals surface area contributed by atoms with Gasteiger partial charge in [0.05, 0.1) is 14.2 Å². The number of anilines is 1. The first kappa shape index (κ1) is 17.4. The van der Waals surface area contributed by atoms with Gasteiger partial charge < -0.3 is 20.5 Å². The number of nitrogens with two attached hydrogens (primary N) is 1. The van der Waals surface area contributed by atoms with Crippen molar-refractivity contribution in [3.63, 3.8) is 0 Å². The second-order valence-electron chi connectivity index (χ2n) is 6.85. The third kappa shape index (κ3) is 4.53. The monoisotopic (exact) mass is 319 g/mol. The number of hydrogen-bond donors (Lipinski definition) is 2. The minimum absolute atomic E-state index is 0.359. The molecule has 1 aromatic rings. The molecule has 0 heterocycles. The van der Waals surface area contributed by atoms with Crippen molar-refractivity contribution in [2.24, 2.45) is 22.1 Å². The summed E-state index contributed by atoms with van der Waals surface area (Å²) in [4.78, 5) is 4.58. The molecule has 2 rings (SSSR count). The SMILES string of the molecule is COc1ccc(NC(N)=NCC2(CC(C)C)CCC2)cc1OC. The normalized spacial score (nSPS) is 16.8. The van der Waals surface area contributed by atoms with Crippen molar-refractivity contribution in [3.8, 4) is 11.5 Å². The highest BCUT2D eigenvalue weighted by Crippen LogP contribution is 2.46. The lowest BCUT2D eigenvalue weighted by Gasteiger charge is -2.42. The summed E-state index contributed by atoms with van der Waals surface area (Å²) in [5.74, 6) is 2.51. The van der Waals surface area contributed by atoms with Crippen molar-refractivity contribution in [3.05, 3.63) is 18.2 Å². The average molecular weight is 319 g/mol. The van der Waals surface area contributed by atoms with E-state index in [1.54, 1.807) is 14.2 Å². The lowest BCUT2D eigenvalue weighted by molar-refractivity contribution is 0.112. The number of benzene rings is 1. The topological polar surface area (TPSA) is 68.9 Å². The molecular formula is C18H29N3O2. The van der Waals surface area contributed by atoms with Gasteiger partial charge in [-0.05, 0) is 42.7 Å². The van der Waals surface area contributed by atoms with E-state index in [1.165, 1.54) is 25.7 Å². The fraction of sp³-hybridized carbons (Fsp3) is 0.611. The van der Waals surface area contributed by atoms with E-state index >= 15 is 0 Å². The maximum atomic E-state index is 6.05. The second kappa shape index (κ2) is 7.57. The van der Waals surface area contributed by atoms with Crippen LogP contribution in [0.25, 0.3) is 0 Å². The number of nitrogens with one attached hydrogen (secondary N) is 1. The van der Waals surface area contributed by atoms with Gasteiger partial charge in [-0.2, -0.15) is 0 Å². The summed E-state index contributed by atoms with van der Waals surface area (Å²) in [5.41, 5.74) is 7.25. The van der Waals surface area contributed by atoms with E-state index in [0.717, 1.165) is 12.2 Å². The van der Waals surface area contributed by atoms with Crippen molar-refractivity contribution in [2.75, 3.05) is 26.1 Å². The summed E-state index contributed by atoms with van der Waals surface area (Å²) in [6.45, 7) is 5.35. The van der Waals surface area contributed by atoms with Crippen LogP contribution >= 0.6 is 0 Å². The lowest BCUT2D eigenvalue weighted by atomic mass is 9.64. The molecule has 23 heavy (non-hydrogen) atoms. The third-order valence-electron chi connectivity index (χ3n) is 4.50. The molecule has 5 heteroatoms. The van der Waals surface area contributed by atoms with Crippen molar-refractivity contribution in [2.45, 2.75) is 39.5 Å². The largest absolute Gasteiger partial charge is 0.493 e. The van der Waals surface area contributed by atoms with Crippen LogP contribution in [0.2, 0.25) is 0 Å². The average Bonchev–Trinajstić information content (AvgIpc) is 2.49. The molecule has 1 fully saturated rings. The molecule has 0 saturated heterocycles. The van der Waals surface area contributed by atoms with Crippen LogP contribution in [-0.4, -0.2) is 26.7 Å². The fourth-order valence-electron chi connectivity index (χ4n) is 3.32. The van der Waals surface area contributed by atoms with Gasteiger partial charge in [-0.1, -0.05) is 20.3 Å². The molecule has 1 aliphatic rings. The van der Waals surface area contributed by atoms with Crippen LogP contribution in [-0.2, 0) is 0 Å². The molecule has 0 unspecified atom stereocenters. The molecule has 5 nitrogen and oxygen atoms in total. The number of guanidine groups is 1. The second-order valence-corrected chi connectivity index (χ2v) is 6.85. The zero-order valence-corrected chi connectivity index (χ0v) is 14.7. The molecule has 0 aromatic heterocycles. The van der Waals surface area contributed by atoms with Crippen molar-refractivity contribution < 1.29 is 9.47 Å². The molecule has 0 radical (unpaired) electrons. The molecule has 0 spiro atoms. The van der Waals surface area contributed by atoms with Gasteiger partial charge in [-0.25, -0.2) is 0 Å². The first-order valence-electron chi connectivity index (χ1n) is 8.27. The summed E-state index contributed by atoms with van der Waals surface area (Å²) in [6, 6.07) is 5.60.